The summed E-state index contributed by atoms with van der Waals surface area (Å²) in [6, 6.07) is 19.6. The van der Waals surface area contributed by atoms with Gasteiger partial charge in [-0.15, -0.1) is 0 Å². The lowest BCUT2D eigenvalue weighted by molar-refractivity contribution is -0.140. The Hall–Kier alpha value is -2.00. The maximum absolute atomic E-state index is 11.8. The van der Waals surface area contributed by atoms with Crippen LogP contribution in [-0.2, 0) is 9.53 Å². The highest BCUT2D eigenvalue weighted by molar-refractivity contribution is 7.99. The van der Waals surface area contributed by atoms with Crippen LogP contribution < -0.4 is 0 Å². The molecule has 1 atom stereocenters. The first-order valence-corrected chi connectivity index (χ1v) is 7.18. The smallest absolute Gasteiger partial charge is 0.334 e. The topological polar surface area (TPSA) is 26.3 Å². The molecule has 20 heavy (non-hydrogen) atoms. The molecule has 0 aliphatic heterocycles. The van der Waals surface area contributed by atoms with Crippen LogP contribution in [0.25, 0.3) is 0 Å². The number of carbonyl (C=O) groups excluding carboxylic acids is 1. The lowest BCUT2D eigenvalue weighted by Gasteiger charge is -2.18. The first-order chi connectivity index (χ1) is 9.66. The summed E-state index contributed by atoms with van der Waals surface area (Å²) in [7, 11) is 0. The number of thioether (sulfide) groups is 1. The lowest BCUT2D eigenvalue weighted by atomic mass is 10.2. The number of ether oxygens (including phenoxy) is 1. The molecule has 0 aromatic heterocycles. The van der Waals surface area contributed by atoms with Crippen molar-refractivity contribution in [1.29, 1.82) is 0 Å². The van der Waals surface area contributed by atoms with Crippen molar-refractivity contribution in [2.24, 2.45) is 0 Å². The van der Waals surface area contributed by atoms with Crippen molar-refractivity contribution in [1.82, 2.24) is 0 Å². The Labute approximate surface area is 123 Å². The van der Waals surface area contributed by atoms with Crippen molar-refractivity contribution in [2.45, 2.75) is 17.3 Å². The van der Waals surface area contributed by atoms with Crippen LogP contribution in [0, 0.1) is 0 Å². The predicted molar refractivity (Wildman–Crippen MR) is 82.4 cm³/mol. The van der Waals surface area contributed by atoms with E-state index in [1.807, 2.05) is 60.7 Å². The summed E-state index contributed by atoms with van der Waals surface area (Å²) >= 11 is 1.50. The predicted octanol–water partition coefficient (Wildman–Crippen LogP) is 4.60. The van der Waals surface area contributed by atoms with Gasteiger partial charge < -0.3 is 4.74 Å². The first kappa shape index (κ1) is 14.4. The molecule has 2 nitrogen and oxygen atoms in total. The molecule has 0 saturated heterocycles. The second-order valence-corrected chi connectivity index (χ2v) is 5.49. The van der Waals surface area contributed by atoms with Crippen LogP contribution in [0.4, 0.5) is 0 Å². The Balaban J connectivity index is 2.20. The van der Waals surface area contributed by atoms with Gasteiger partial charge in [0.1, 0.15) is 0 Å². The molecule has 102 valence electrons. The number of esters is 1. The quantitative estimate of drug-likeness (QED) is 0.347. The number of benzene rings is 2. The SMILES string of the molecule is C=C(C)C(=O)OC(Sc1ccccc1)c1ccccc1. The Morgan fingerprint density at radius 3 is 2.15 bits per heavy atom. The van der Waals surface area contributed by atoms with Crippen LogP contribution in [-0.4, -0.2) is 5.97 Å². The highest BCUT2D eigenvalue weighted by Crippen LogP contribution is 2.36. The second-order valence-electron chi connectivity index (χ2n) is 4.36. The van der Waals surface area contributed by atoms with Crippen LogP contribution >= 0.6 is 11.8 Å². The highest BCUT2D eigenvalue weighted by atomic mass is 32.2. The molecule has 0 spiro atoms. The van der Waals surface area contributed by atoms with E-state index in [0.29, 0.717) is 5.57 Å². The lowest BCUT2D eigenvalue weighted by Crippen LogP contribution is -2.09. The van der Waals surface area contributed by atoms with Gasteiger partial charge in [0, 0.05) is 16.0 Å². The summed E-state index contributed by atoms with van der Waals surface area (Å²) in [5, 5.41) is 0. The van der Waals surface area contributed by atoms with Gasteiger partial charge in [-0.05, 0) is 19.1 Å². The third kappa shape index (κ3) is 4.00. The van der Waals surface area contributed by atoms with Crippen molar-refractivity contribution in [3.05, 3.63) is 78.4 Å². The minimum atomic E-state index is -0.373. The van der Waals surface area contributed by atoms with Crippen molar-refractivity contribution >= 4 is 17.7 Å². The first-order valence-electron chi connectivity index (χ1n) is 6.30. The van der Waals surface area contributed by atoms with Crippen LogP contribution in [0.15, 0.2) is 77.7 Å². The van der Waals surface area contributed by atoms with E-state index in [1.54, 1.807) is 6.92 Å². The van der Waals surface area contributed by atoms with Crippen LogP contribution in [0.2, 0.25) is 0 Å². The van der Waals surface area contributed by atoms with Crippen molar-refractivity contribution in [2.75, 3.05) is 0 Å². The zero-order valence-electron chi connectivity index (χ0n) is 11.3. The molecule has 2 rings (SSSR count). The fourth-order valence-electron chi connectivity index (χ4n) is 1.59. The van der Waals surface area contributed by atoms with Gasteiger partial charge in [-0.2, -0.15) is 0 Å². The van der Waals surface area contributed by atoms with Crippen LogP contribution in [0.3, 0.4) is 0 Å². The summed E-state index contributed by atoms with van der Waals surface area (Å²) in [6.07, 6.45) is 0. The fraction of sp³-hybridized carbons (Fsp3) is 0.118. The average molecular weight is 284 g/mol. The normalized spacial score (nSPS) is 11.7. The van der Waals surface area contributed by atoms with Crippen molar-refractivity contribution in [3.63, 3.8) is 0 Å². The molecular formula is C17H16O2S. The number of hydrogen-bond donors (Lipinski definition) is 0. The molecule has 0 bridgehead atoms. The van der Waals surface area contributed by atoms with Gasteiger partial charge in [0.2, 0.25) is 0 Å². The zero-order chi connectivity index (χ0) is 14.4. The van der Waals surface area contributed by atoms with E-state index in [1.165, 1.54) is 11.8 Å². The van der Waals surface area contributed by atoms with Gasteiger partial charge in [0.25, 0.3) is 0 Å². The number of carbonyl (C=O) groups is 1. The van der Waals surface area contributed by atoms with E-state index in [4.69, 9.17) is 4.74 Å². The molecule has 0 saturated carbocycles. The van der Waals surface area contributed by atoms with Crippen LogP contribution in [0.5, 0.6) is 0 Å². The molecule has 0 heterocycles. The molecular weight excluding hydrogens is 268 g/mol. The Morgan fingerprint density at radius 2 is 1.60 bits per heavy atom. The van der Waals surface area contributed by atoms with E-state index in [9.17, 15) is 4.79 Å². The third-order valence-corrected chi connectivity index (χ3v) is 3.75. The van der Waals surface area contributed by atoms with E-state index in [0.717, 1.165) is 10.5 Å². The Bertz CT molecular complexity index is 578. The summed E-state index contributed by atoms with van der Waals surface area (Å²) in [4.78, 5) is 12.8. The third-order valence-electron chi connectivity index (χ3n) is 2.62. The molecule has 2 aromatic carbocycles. The standard InChI is InChI=1S/C17H16O2S/c1-13(2)16(18)19-17(14-9-5-3-6-10-14)20-15-11-7-4-8-12-15/h3-12,17H,1H2,2H3. The molecule has 0 N–H and O–H groups in total. The molecule has 0 radical (unpaired) electrons. The molecule has 1 unspecified atom stereocenters. The molecule has 0 aliphatic rings. The van der Waals surface area contributed by atoms with E-state index >= 15 is 0 Å². The van der Waals surface area contributed by atoms with Crippen molar-refractivity contribution in [3.8, 4) is 0 Å². The Kier molecular flexibility index (Phi) is 5.02. The molecule has 0 aliphatic carbocycles. The van der Waals surface area contributed by atoms with Gasteiger partial charge in [0.15, 0.2) is 5.44 Å². The minimum Gasteiger partial charge on any atom is -0.443 e. The highest BCUT2D eigenvalue weighted by Gasteiger charge is 2.18. The largest absolute Gasteiger partial charge is 0.443 e. The monoisotopic (exact) mass is 284 g/mol. The van der Waals surface area contributed by atoms with Gasteiger partial charge in [-0.1, -0.05) is 66.9 Å². The maximum Gasteiger partial charge on any atom is 0.334 e. The number of hydrogen-bond acceptors (Lipinski definition) is 3. The Morgan fingerprint density at radius 1 is 1.05 bits per heavy atom. The second kappa shape index (κ2) is 6.96. The molecule has 0 fully saturated rings. The molecule has 3 heteroatoms. The summed E-state index contributed by atoms with van der Waals surface area (Å²) in [5.74, 6) is -0.373. The average Bonchev–Trinajstić information content (AvgIpc) is 2.48. The van der Waals surface area contributed by atoms with Crippen LogP contribution in [0.1, 0.15) is 17.9 Å². The van der Waals surface area contributed by atoms with Gasteiger partial charge >= 0.3 is 5.97 Å². The van der Waals surface area contributed by atoms with Gasteiger partial charge in [-0.3, -0.25) is 0 Å². The van der Waals surface area contributed by atoms with Crippen molar-refractivity contribution < 1.29 is 9.53 Å². The summed E-state index contributed by atoms with van der Waals surface area (Å²) in [6.45, 7) is 5.28. The fourth-order valence-corrected chi connectivity index (χ4v) is 2.58. The number of rotatable bonds is 5. The van der Waals surface area contributed by atoms with Gasteiger partial charge in [0.05, 0.1) is 0 Å². The van der Waals surface area contributed by atoms with E-state index in [2.05, 4.69) is 6.58 Å². The summed E-state index contributed by atoms with van der Waals surface area (Å²) < 4.78 is 5.53. The minimum absolute atomic E-state index is 0.372. The zero-order valence-corrected chi connectivity index (χ0v) is 12.1. The molecule has 0 amide bonds. The molecule has 2 aromatic rings. The van der Waals surface area contributed by atoms with E-state index < -0.39 is 0 Å². The summed E-state index contributed by atoms with van der Waals surface area (Å²) in [5.41, 5.74) is 0.985. The van der Waals surface area contributed by atoms with Gasteiger partial charge in [-0.25, -0.2) is 4.79 Å². The maximum atomic E-state index is 11.8. The van der Waals surface area contributed by atoms with E-state index in [-0.39, 0.29) is 11.4 Å².